The molecule has 3 fully saturated rings. The Labute approximate surface area is 219 Å². The molecule has 9 heteroatoms. The summed E-state index contributed by atoms with van der Waals surface area (Å²) >= 11 is 0. The fourth-order valence-electron chi connectivity index (χ4n) is 7.42. The number of aliphatic hydroxyl groups is 3. The molecule has 206 valence electrons. The number of benzene rings is 1. The molecule has 0 bridgehead atoms. The number of hydrogen-bond acceptors (Lipinski definition) is 7. The number of ether oxygens (including phenoxy) is 2. The fraction of sp³-hybridized carbons (Fsp3) is 0.714. The van der Waals surface area contributed by atoms with Gasteiger partial charge in [0.1, 0.15) is 11.9 Å². The van der Waals surface area contributed by atoms with Gasteiger partial charge in [-0.2, -0.15) is 0 Å². The number of methoxy groups -OCH3 is 1. The second kappa shape index (κ2) is 11.2. The molecule has 7 atom stereocenters. The molecule has 9 nitrogen and oxygen atoms in total. The molecule has 4 rings (SSSR count). The molecular formula is C28H42N2O7. The van der Waals surface area contributed by atoms with Gasteiger partial charge in [0.05, 0.1) is 32.5 Å². The van der Waals surface area contributed by atoms with Crippen LogP contribution >= 0.6 is 0 Å². The molecule has 1 saturated heterocycles. The van der Waals surface area contributed by atoms with Crippen molar-refractivity contribution in [3.8, 4) is 5.75 Å². The zero-order chi connectivity index (χ0) is 26.8. The number of nitrogens with one attached hydrogen (secondary N) is 1. The summed E-state index contributed by atoms with van der Waals surface area (Å²) in [5, 5.41) is 34.1. The second-order valence-electron chi connectivity index (χ2n) is 11.5. The first-order chi connectivity index (χ1) is 17.7. The lowest BCUT2D eigenvalue weighted by atomic mass is 9.46. The molecule has 7 unspecified atom stereocenters. The van der Waals surface area contributed by atoms with Crippen molar-refractivity contribution in [1.82, 2.24) is 4.90 Å². The third-order valence-corrected chi connectivity index (χ3v) is 9.54. The highest BCUT2D eigenvalue weighted by molar-refractivity contribution is 5.85. The van der Waals surface area contributed by atoms with Gasteiger partial charge in [0.15, 0.2) is 0 Å². The molecule has 0 aromatic heterocycles. The molecule has 4 N–H and O–H groups in total. The smallest absolute Gasteiger partial charge is 0.411 e. The molecule has 3 aliphatic rings. The van der Waals surface area contributed by atoms with Crippen molar-refractivity contribution in [1.29, 1.82) is 0 Å². The van der Waals surface area contributed by atoms with Crippen LogP contribution in [0, 0.1) is 22.7 Å². The van der Waals surface area contributed by atoms with Gasteiger partial charge in [0, 0.05) is 30.1 Å². The quantitative estimate of drug-likeness (QED) is 0.436. The van der Waals surface area contributed by atoms with Crippen LogP contribution in [-0.4, -0.2) is 77.3 Å². The SMILES string of the molecule is COc1cccc(NC(=O)OC2CCC3(C)C(CC(=O)N4CCCC4CO)C(O)CCC3C2(C)CO)c1. The van der Waals surface area contributed by atoms with E-state index in [0.717, 1.165) is 12.8 Å². The average Bonchev–Trinajstić information content (AvgIpc) is 3.37. The Morgan fingerprint density at radius 3 is 2.65 bits per heavy atom. The fourth-order valence-corrected chi connectivity index (χ4v) is 7.42. The summed E-state index contributed by atoms with van der Waals surface area (Å²) in [6.45, 7) is 4.50. The largest absolute Gasteiger partial charge is 0.497 e. The van der Waals surface area contributed by atoms with Crippen LogP contribution in [0.2, 0.25) is 0 Å². The maximum atomic E-state index is 13.3. The van der Waals surface area contributed by atoms with Crippen molar-refractivity contribution in [2.24, 2.45) is 22.7 Å². The zero-order valence-corrected chi connectivity index (χ0v) is 22.2. The van der Waals surface area contributed by atoms with E-state index in [0.29, 0.717) is 43.7 Å². The third kappa shape index (κ3) is 5.31. The molecule has 1 aromatic carbocycles. The van der Waals surface area contributed by atoms with Crippen molar-refractivity contribution in [2.75, 3.05) is 32.2 Å². The van der Waals surface area contributed by atoms with Crippen molar-refractivity contribution < 1.29 is 34.4 Å². The van der Waals surface area contributed by atoms with Crippen molar-refractivity contribution in [3.05, 3.63) is 24.3 Å². The summed E-state index contributed by atoms with van der Waals surface area (Å²) in [6.07, 6.45) is 2.58. The molecule has 1 heterocycles. The monoisotopic (exact) mass is 518 g/mol. The average molecular weight is 519 g/mol. The van der Waals surface area contributed by atoms with Gasteiger partial charge in [0.25, 0.3) is 0 Å². The molecule has 0 spiro atoms. The van der Waals surface area contributed by atoms with Crippen LogP contribution in [0.3, 0.4) is 0 Å². The van der Waals surface area contributed by atoms with Crippen LogP contribution in [0.4, 0.5) is 10.5 Å². The van der Waals surface area contributed by atoms with Gasteiger partial charge in [-0.3, -0.25) is 10.1 Å². The molecule has 2 saturated carbocycles. The second-order valence-corrected chi connectivity index (χ2v) is 11.5. The van der Waals surface area contributed by atoms with Crippen LogP contribution in [0.5, 0.6) is 5.75 Å². The molecule has 0 radical (unpaired) electrons. The zero-order valence-electron chi connectivity index (χ0n) is 22.2. The topological polar surface area (TPSA) is 129 Å². The maximum absolute atomic E-state index is 13.3. The number of fused-ring (bicyclic) bond motifs is 1. The predicted octanol–water partition coefficient (Wildman–Crippen LogP) is 3.17. The van der Waals surface area contributed by atoms with Crippen LogP contribution in [0.1, 0.15) is 58.8 Å². The first-order valence-corrected chi connectivity index (χ1v) is 13.5. The van der Waals surface area contributed by atoms with Gasteiger partial charge in [-0.1, -0.05) is 19.9 Å². The summed E-state index contributed by atoms with van der Waals surface area (Å²) in [7, 11) is 1.56. The van der Waals surface area contributed by atoms with Crippen molar-refractivity contribution in [3.63, 3.8) is 0 Å². The van der Waals surface area contributed by atoms with Gasteiger partial charge < -0.3 is 29.7 Å². The summed E-state index contributed by atoms with van der Waals surface area (Å²) in [5.74, 6) is 0.286. The van der Waals surface area contributed by atoms with Gasteiger partial charge in [-0.15, -0.1) is 0 Å². The highest BCUT2D eigenvalue weighted by Crippen LogP contribution is 2.61. The summed E-state index contributed by atoms with van der Waals surface area (Å²) in [5.41, 5.74) is -0.567. The van der Waals surface area contributed by atoms with Crippen molar-refractivity contribution in [2.45, 2.75) is 77.0 Å². The molecule has 1 aromatic rings. The van der Waals surface area contributed by atoms with E-state index in [1.165, 1.54) is 0 Å². The summed E-state index contributed by atoms with van der Waals surface area (Å²) < 4.78 is 11.1. The van der Waals surface area contributed by atoms with Crippen LogP contribution in [-0.2, 0) is 9.53 Å². The Bertz CT molecular complexity index is 974. The molecule has 1 aliphatic heterocycles. The standard InChI is InChI=1S/C28H42N2O7/c1-27-12-11-24(37-26(35)29-18-6-4-8-20(14-18)36-3)28(2,17-32)23(27)10-9-22(33)21(27)15-25(34)30-13-5-7-19(30)16-31/h4,6,8,14,19,21-24,31-33H,5,7,9-13,15-17H2,1-3H3,(H,29,35). The van der Waals surface area contributed by atoms with E-state index in [1.807, 2.05) is 6.92 Å². The van der Waals surface area contributed by atoms with Gasteiger partial charge in [-0.05, 0) is 67.9 Å². The van der Waals surface area contributed by atoms with Gasteiger partial charge >= 0.3 is 6.09 Å². The Balaban J connectivity index is 1.49. The van der Waals surface area contributed by atoms with Crippen molar-refractivity contribution >= 4 is 17.7 Å². The Kier molecular flexibility index (Phi) is 8.35. The maximum Gasteiger partial charge on any atom is 0.411 e. The van der Waals surface area contributed by atoms with Gasteiger partial charge in [0.2, 0.25) is 5.91 Å². The summed E-state index contributed by atoms with van der Waals surface area (Å²) in [4.78, 5) is 27.9. The Morgan fingerprint density at radius 1 is 1.16 bits per heavy atom. The number of aliphatic hydroxyl groups excluding tert-OH is 3. The van der Waals surface area contributed by atoms with E-state index < -0.39 is 29.1 Å². The number of nitrogens with zero attached hydrogens (tertiary/aromatic N) is 1. The first-order valence-electron chi connectivity index (χ1n) is 13.5. The van der Waals surface area contributed by atoms with Gasteiger partial charge in [-0.25, -0.2) is 4.79 Å². The predicted molar refractivity (Wildman–Crippen MR) is 138 cm³/mol. The minimum absolute atomic E-state index is 0.0239. The van der Waals surface area contributed by atoms with E-state index in [-0.39, 0.29) is 43.4 Å². The Morgan fingerprint density at radius 2 is 1.95 bits per heavy atom. The lowest BCUT2D eigenvalue weighted by Gasteiger charge is -2.60. The Hall–Kier alpha value is -2.36. The van der Waals surface area contributed by atoms with E-state index in [1.54, 1.807) is 36.3 Å². The lowest BCUT2D eigenvalue weighted by molar-refractivity contribution is -0.186. The highest BCUT2D eigenvalue weighted by atomic mass is 16.6. The normalized spacial score (nSPS) is 35.5. The highest BCUT2D eigenvalue weighted by Gasteiger charge is 2.60. The number of amides is 2. The first kappa shape index (κ1) is 27.7. The van der Waals surface area contributed by atoms with E-state index in [4.69, 9.17) is 9.47 Å². The number of carbonyl (C=O) groups excluding carboxylic acids is 2. The molecular weight excluding hydrogens is 476 g/mol. The summed E-state index contributed by atoms with van der Waals surface area (Å²) in [6, 6.07) is 6.87. The number of likely N-dealkylation sites (tertiary alicyclic amines) is 1. The lowest BCUT2D eigenvalue weighted by Crippen LogP contribution is -2.61. The molecule has 37 heavy (non-hydrogen) atoms. The number of rotatable bonds is 7. The third-order valence-electron chi connectivity index (χ3n) is 9.54. The minimum Gasteiger partial charge on any atom is -0.497 e. The number of hydrogen-bond donors (Lipinski definition) is 4. The minimum atomic E-state index is -0.721. The molecule has 2 amide bonds. The van der Waals surface area contributed by atoms with E-state index >= 15 is 0 Å². The van der Waals surface area contributed by atoms with Crippen LogP contribution in [0.25, 0.3) is 0 Å². The number of carbonyl (C=O) groups is 2. The number of anilines is 1. The van der Waals surface area contributed by atoms with E-state index in [9.17, 15) is 24.9 Å². The van der Waals surface area contributed by atoms with Crippen LogP contribution < -0.4 is 10.1 Å². The van der Waals surface area contributed by atoms with E-state index in [2.05, 4.69) is 12.2 Å². The van der Waals surface area contributed by atoms with Crippen LogP contribution in [0.15, 0.2) is 24.3 Å². The molecule has 2 aliphatic carbocycles.